The first-order chi connectivity index (χ1) is 11.8. The molecular formula is C16H19N5O4. The van der Waals surface area contributed by atoms with Crippen molar-refractivity contribution in [3.63, 3.8) is 0 Å². The summed E-state index contributed by atoms with van der Waals surface area (Å²) in [5, 5.41) is 18.5. The molecule has 1 aliphatic heterocycles. The van der Waals surface area contributed by atoms with E-state index >= 15 is 0 Å². The molecule has 0 aromatic heterocycles. The van der Waals surface area contributed by atoms with Crippen molar-refractivity contribution in [1.29, 1.82) is 0 Å². The van der Waals surface area contributed by atoms with Gasteiger partial charge < -0.3 is 21.7 Å². The van der Waals surface area contributed by atoms with Gasteiger partial charge in [-0.2, -0.15) is 4.99 Å². The second-order valence-electron chi connectivity index (χ2n) is 6.16. The lowest BCUT2D eigenvalue weighted by Crippen LogP contribution is -2.58. The predicted molar refractivity (Wildman–Crippen MR) is 91.9 cm³/mol. The van der Waals surface area contributed by atoms with Gasteiger partial charge in [-0.1, -0.05) is 6.42 Å². The summed E-state index contributed by atoms with van der Waals surface area (Å²) in [6, 6.07) is 4.07. The Morgan fingerprint density at radius 3 is 2.28 bits per heavy atom. The van der Waals surface area contributed by atoms with Gasteiger partial charge in [0.05, 0.1) is 11.1 Å². The molecule has 1 aliphatic carbocycles. The highest BCUT2D eigenvalue weighted by Crippen LogP contribution is 2.39. The first kappa shape index (κ1) is 16.7. The second kappa shape index (κ2) is 6.08. The van der Waals surface area contributed by atoms with Crippen LogP contribution in [0.4, 0.5) is 5.69 Å². The van der Waals surface area contributed by atoms with Crippen molar-refractivity contribution in [2.45, 2.75) is 37.8 Å². The number of rotatable bonds is 3. The van der Waals surface area contributed by atoms with Gasteiger partial charge in [-0.25, -0.2) is 14.6 Å². The van der Waals surface area contributed by atoms with Gasteiger partial charge in [-0.05, 0) is 43.9 Å². The minimum atomic E-state index is -1.33. The van der Waals surface area contributed by atoms with Gasteiger partial charge in [0.15, 0.2) is 0 Å². The zero-order valence-electron chi connectivity index (χ0n) is 13.5. The van der Waals surface area contributed by atoms with Gasteiger partial charge >= 0.3 is 11.9 Å². The molecule has 1 aromatic rings. The Kier molecular flexibility index (Phi) is 4.07. The van der Waals surface area contributed by atoms with Crippen molar-refractivity contribution in [1.82, 2.24) is 0 Å². The molecule has 25 heavy (non-hydrogen) atoms. The molecule has 6 N–H and O–H groups in total. The number of carboxylic acids is 2. The van der Waals surface area contributed by atoms with Gasteiger partial charge in [0, 0.05) is 5.69 Å². The molecule has 0 radical (unpaired) electrons. The van der Waals surface area contributed by atoms with Crippen LogP contribution in [-0.2, 0) is 0 Å². The summed E-state index contributed by atoms with van der Waals surface area (Å²) >= 11 is 0. The number of carbonyl (C=O) groups is 2. The molecular weight excluding hydrogens is 326 g/mol. The van der Waals surface area contributed by atoms with Crippen LogP contribution in [-0.4, -0.2) is 39.7 Å². The third-order valence-corrected chi connectivity index (χ3v) is 4.57. The molecule has 1 aromatic carbocycles. The second-order valence-corrected chi connectivity index (χ2v) is 6.16. The summed E-state index contributed by atoms with van der Waals surface area (Å²) in [4.78, 5) is 32.9. The van der Waals surface area contributed by atoms with E-state index in [4.69, 9.17) is 11.5 Å². The Morgan fingerprint density at radius 2 is 1.68 bits per heavy atom. The first-order valence-electron chi connectivity index (χ1n) is 7.94. The van der Waals surface area contributed by atoms with E-state index in [0.29, 0.717) is 18.5 Å². The highest BCUT2D eigenvalue weighted by atomic mass is 16.4. The molecule has 0 bridgehead atoms. The van der Waals surface area contributed by atoms with Crippen LogP contribution in [0.15, 0.2) is 28.2 Å². The van der Waals surface area contributed by atoms with Gasteiger partial charge in [-0.15, -0.1) is 0 Å². The van der Waals surface area contributed by atoms with Crippen LogP contribution < -0.4 is 16.4 Å². The van der Waals surface area contributed by atoms with E-state index in [9.17, 15) is 19.8 Å². The predicted octanol–water partition coefficient (Wildman–Crippen LogP) is 1.19. The van der Waals surface area contributed by atoms with E-state index in [1.54, 1.807) is 4.90 Å². The highest BCUT2D eigenvalue weighted by Gasteiger charge is 2.42. The highest BCUT2D eigenvalue weighted by molar-refractivity contribution is 6.07. The van der Waals surface area contributed by atoms with Crippen molar-refractivity contribution in [2.24, 2.45) is 21.5 Å². The zero-order valence-corrected chi connectivity index (χ0v) is 13.5. The van der Waals surface area contributed by atoms with Crippen LogP contribution in [0.1, 0.15) is 52.8 Å². The lowest BCUT2D eigenvalue weighted by atomic mass is 9.87. The minimum absolute atomic E-state index is 0.0938. The number of guanidine groups is 2. The van der Waals surface area contributed by atoms with Crippen LogP contribution in [0.2, 0.25) is 0 Å². The molecule has 2 aliphatic rings. The number of hydrogen-bond acceptors (Lipinski definition) is 7. The summed E-state index contributed by atoms with van der Waals surface area (Å²) in [7, 11) is 0. The maximum absolute atomic E-state index is 11.5. The van der Waals surface area contributed by atoms with E-state index in [-0.39, 0.29) is 23.0 Å². The van der Waals surface area contributed by atoms with Crippen molar-refractivity contribution in [3.8, 4) is 0 Å². The van der Waals surface area contributed by atoms with E-state index < -0.39 is 17.6 Å². The van der Waals surface area contributed by atoms with Crippen molar-refractivity contribution in [3.05, 3.63) is 29.3 Å². The Labute approximate surface area is 143 Å². The standard InChI is InChI=1S/C16H19N5O4/c17-14-19-15(18)21(16(20-14)6-2-1-3-7-16)9-4-5-10(12(22)23)11(8-9)13(24)25/h4-5,8H,1-3,6-7H2,(H,22,23)(H,24,25)(H4,17,18,19,20). The molecule has 1 fully saturated rings. The summed E-state index contributed by atoms with van der Waals surface area (Å²) < 4.78 is 0. The lowest BCUT2D eigenvalue weighted by molar-refractivity contribution is 0.0651. The lowest BCUT2D eigenvalue weighted by Gasteiger charge is -2.45. The summed E-state index contributed by atoms with van der Waals surface area (Å²) in [6.07, 6.45) is 4.33. The number of aromatic carboxylic acids is 2. The molecule has 9 nitrogen and oxygen atoms in total. The number of aliphatic imine (C=N–C) groups is 2. The summed E-state index contributed by atoms with van der Waals surface area (Å²) in [5.74, 6) is -2.42. The Hall–Kier alpha value is -3.10. The molecule has 0 unspecified atom stereocenters. The van der Waals surface area contributed by atoms with Crippen LogP contribution in [0, 0.1) is 0 Å². The number of benzene rings is 1. The molecule has 132 valence electrons. The fourth-order valence-corrected chi connectivity index (χ4v) is 3.53. The SMILES string of the molecule is NC1=NC2(CCCCC2)N(c2ccc(C(=O)O)c(C(=O)O)c2)C(N)=N1. The Morgan fingerprint density at radius 1 is 1.04 bits per heavy atom. The van der Waals surface area contributed by atoms with Gasteiger partial charge in [-0.3, -0.25) is 4.90 Å². The quantitative estimate of drug-likeness (QED) is 0.641. The molecule has 0 saturated heterocycles. The Balaban J connectivity index is 2.13. The fraction of sp³-hybridized carbons (Fsp3) is 0.375. The average Bonchev–Trinajstić information content (AvgIpc) is 2.54. The minimum Gasteiger partial charge on any atom is -0.478 e. The van der Waals surface area contributed by atoms with Gasteiger partial charge in [0.2, 0.25) is 11.9 Å². The third-order valence-electron chi connectivity index (χ3n) is 4.57. The normalized spacial score (nSPS) is 19.3. The van der Waals surface area contributed by atoms with Gasteiger partial charge in [0.25, 0.3) is 0 Å². The maximum Gasteiger partial charge on any atom is 0.336 e. The fourth-order valence-electron chi connectivity index (χ4n) is 3.53. The van der Waals surface area contributed by atoms with Crippen molar-refractivity contribution < 1.29 is 19.8 Å². The largest absolute Gasteiger partial charge is 0.478 e. The molecule has 0 atom stereocenters. The number of hydrogen-bond donors (Lipinski definition) is 4. The van der Waals surface area contributed by atoms with Crippen LogP contribution >= 0.6 is 0 Å². The van der Waals surface area contributed by atoms with E-state index in [1.807, 2.05) is 0 Å². The number of carboxylic acid groups (broad SMARTS) is 2. The number of nitrogens with two attached hydrogens (primary N) is 2. The molecule has 1 saturated carbocycles. The topological polar surface area (TPSA) is 155 Å². The molecule has 1 heterocycles. The first-order valence-corrected chi connectivity index (χ1v) is 7.94. The van der Waals surface area contributed by atoms with E-state index in [2.05, 4.69) is 9.98 Å². The van der Waals surface area contributed by atoms with Crippen molar-refractivity contribution >= 4 is 29.5 Å². The zero-order chi connectivity index (χ0) is 18.2. The van der Waals surface area contributed by atoms with E-state index in [0.717, 1.165) is 19.3 Å². The molecule has 0 amide bonds. The van der Waals surface area contributed by atoms with Crippen LogP contribution in [0.3, 0.4) is 0 Å². The van der Waals surface area contributed by atoms with Crippen LogP contribution in [0.5, 0.6) is 0 Å². The van der Waals surface area contributed by atoms with E-state index in [1.165, 1.54) is 18.2 Å². The third kappa shape index (κ3) is 2.88. The summed E-state index contributed by atoms with van der Waals surface area (Å²) in [5.41, 5.74) is 11.0. The smallest absolute Gasteiger partial charge is 0.336 e. The Bertz CT molecular complexity index is 796. The maximum atomic E-state index is 11.5. The summed E-state index contributed by atoms with van der Waals surface area (Å²) in [6.45, 7) is 0. The average molecular weight is 345 g/mol. The monoisotopic (exact) mass is 345 g/mol. The molecule has 1 spiro atoms. The number of nitrogens with zero attached hydrogens (tertiary/aromatic N) is 3. The molecule has 3 rings (SSSR count). The van der Waals surface area contributed by atoms with Crippen molar-refractivity contribution in [2.75, 3.05) is 4.90 Å². The van der Waals surface area contributed by atoms with Gasteiger partial charge in [0.1, 0.15) is 5.66 Å². The van der Waals surface area contributed by atoms with Crippen LogP contribution in [0.25, 0.3) is 0 Å². The number of anilines is 1. The molecule has 9 heteroatoms.